The molecule has 2 aromatic rings. The van der Waals surface area contributed by atoms with Gasteiger partial charge in [0, 0.05) is 19.5 Å². The molecule has 1 unspecified atom stereocenters. The van der Waals surface area contributed by atoms with Gasteiger partial charge in [-0.3, -0.25) is 9.59 Å². The van der Waals surface area contributed by atoms with Gasteiger partial charge in [0.25, 0.3) is 5.91 Å². The second-order valence-electron chi connectivity index (χ2n) is 5.34. The lowest BCUT2D eigenvalue weighted by molar-refractivity contribution is -0.122. The zero-order chi connectivity index (χ0) is 17.2. The van der Waals surface area contributed by atoms with Crippen LogP contribution in [0.15, 0.2) is 47.8 Å². The van der Waals surface area contributed by atoms with E-state index in [4.69, 9.17) is 0 Å². The number of carbonyl (C=O) groups is 2. The van der Waals surface area contributed by atoms with Crippen molar-refractivity contribution in [3.05, 3.63) is 58.3 Å². The van der Waals surface area contributed by atoms with Gasteiger partial charge in [0.05, 0.1) is 4.88 Å². The van der Waals surface area contributed by atoms with Crippen molar-refractivity contribution in [2.24, 2.45) is 0 Å². The van der Waals surface area contributed by atoms with E-state index in [0.29, 0.717) is 24.4 Å². The summed E-state index contributed by atoms with van der Waals surface area (Å²) in [4.78, 5) is 25.4. The van der Waals surface area contributed by atoms with Crippen molar-refractivity contribution in [3.63, 3.8) is 0 Å². The Hall–Kier alpha value is -1.89. The summed E-state index contributed by atoms with van der Waals surface area (Å²) in [5.74, 6) is -0.380. The fourth-order valence-corrected chi connectivity index (χ4v) is 2.90. The van der Waals surface area contributed by atoms with Crippen LogP contribution in [0.1, 0.15) is 22.2 Å². The Morgan fingerprint density at radius 1 is 1.08 bits per heavy atom. The molecule has 7 heteroatoms. The Bertz CT molecular complexity index is 635. The standard InChI is InChI=1S/C18H23N3O2S.ClH/c1-2-19-10-11-20-17(22)15(13-14-7-4-3-5-8-14)21-18(23)16-9-6-12-24-16;/h3-9,12,15,19H,2,10-11,13H2,1H3,(H,20,22)(H,21,23);1H. The fraction of sp³-hybridized carbons (Fsp3) is 0.333. The Labute approximate surface area is 158 Å². The molecule has 0 aliphatic heterocycles. The second-order valence-corrected chi connectivity index (χ2v) is 6.29. The maximum Gasteiger partial charge on any atom is 0.262 e. The Morgan fingerprint density at radius 2 is 1.84 bits per heavy atom. The first-order chi connectivity index (χ1) is 11.7. The summed E-state index contributed by atoms with van der Waals surface area (Å²) in [5, 5.41) is 10.7. The van der Waals surface area contributed by atoms with Gasteiger partial charge in [0.1, 0.15) is 6.04 Å². The van der Waals surface area contributed by atoms with Crippen LogP contribution in [0, 0.1) is 0 Å². The predicted octanol–water partition coefficient (Wildman–Crippen LogP) is 2.24. The quantitative estimate of drug-likeness (QED) is 0.583. The molecule has 5 nitrogen and oxygen atoms in total. The monoisotopic (exact) mass is 381 g/mol. The number of carbonyl (C=O) groups excluding carboxylic acids is 2. The molecule has 1 aromatic carbocycles. The summed E-state index contributed by atoms with van der Waals surface area (Å²) in [6.07, 6.45) is 0.463. The zero-order valence-corrected chi connectivity index (χ0v) is 15.8. The topological polar surface area (TPSA) is 70.2 Å². The lowest BCUT2D eigenvalue weighted by Crippen LogP contribution is -2.49. The highest BCUT2D eigenvalue weighted by molar-refractivity contribution is 7.12. The number of amides is 2. The number of benzene rings is 1. The van der Waals surface area contributed by atoms with Crippen molar-refractivity contribution >= 4 is 35.6 Å². The average Bonchev–Trinajstić information content (AvgIpc) is 3.13. The van der Waals surface area contributed by atoms with Gasteiger partial charge in [-0.25, -0.2) is 0 Å². The van der Waals surface area contributed by atoms with Gasteiger partial charge in [-0.2, -0.15) is 0 Å². The summed E-state index contributed by atoms with van der Waals surface area (Å²) in [7, 11) is 0. The van der Waals surface area contributed by atoms with Crippen LogP contribution in [0.5, 0.6) is 0 Å². The zero-order valence-electron chi connectivity index (χ0n) is 14.2. The molecule has 1 aromatic heterocycles. The molecule has 0 bridgehead atoms. The molecule has 0 saturated heterocycles. The molecular formula is C18H24ClN3O2S. The summed E-state index contributed by atoms with van der Waals surface area (Å²) in [6.45, 7) is 4.12. The number of hydrogen-bond acceptors (Lipinski definition) is 4. The molecule has 136 valence electrons. The van der Waals surface area contributed by atoms with Gasteiger partial charge in [-0.05, 0) is 23.6 Å². The molecule has 1 atom stereocenters. The number of likely N-dealkylation sites (N-methyl/N-ethyl adjacent to an activating group) is 1. The van der Waals surface area contributed by atoms with E-state index < -0.39 is 6.04 Å². The van der Waals surface area contributed by atoms with Crippen molar-refractivity contribution in [1.29, 1.82) is 0 Å². The molecule has 0 saturated carbocycles. The molecule has 0 radical (unpaired) electrons. The minimum absolute atomic E-state index is 0. The third-order valence-corrected chi connectivity index (χ3v) is 4.37. The van der Waals surface area contributed by atoms with Crippen LogP contribution in [0.2, 0.25) is 0 Å². The normalized spacial score (nSPS) is 11.2. The van der Waals surface area contributed by atoms with Crippen LogP contribution in [0.3, 0.4) is 0 Å². The van der Waals surface area contributed by atoms with E-state index in [-0.39, 0.29) is 24.2 Å². The van der Waals surface area contributed by atoms with Gasteiger partial charge in [0.15, 0.2) is 0 Å². The average molecular weight is 382 g/mol. The van der Waals surface area contributed by atoms with Crippen LogP contribution in [-0.4, -0.2) is 37.5 Å². The molecule has 1 heterocycles. The molecule has 0 aliphatic carbocycles. The van der Waals surface area contributed by atoms with Crippen molar-refractivity contribution in [3.8, 4) is 0 Å². The Balaban J connectivity index is 0.00000312. The highest BCUT2D eigenvalue weighted by atomic mass is 35.5. The number of thiophene rings is 1. The van der Waals surface area contributed by atoms with Crippen LogP contribution < -0.4 is 16.0 Å². The van der Waals surface area contributed by atoms with Gasteiger partial charge >= 0.3 is 0 Å². The summed E-state index contributed by atoms with van der Waals surface area (Å²) in [5.41, 5.74) is 1.01. The number of hydrogen-bond donors (Lipinski definition) is 3. The second kappa shape index (κ2) is 11.6. The van der Waals surface area contributed by atoms with E-state index in [9.17, 15) is 9.59 Å². The molecule has 0 aliphatic rings. The lowest BCUT2D eigenvalue weighted by Gasteiger charge is -2.18. The van der Waals surface area contributed by atoms with E-state index in [1.807, 2.05) is 48.7 Å². The van der Waals surface area contributed by atoms with E-state index >= 15 is 0 Å². The molecular weight excluding hydrogens is 358 g/mol. The highest BCUT2D eigenvalue weighted by Crippen LogP contribution is 2.10. The molecule has 2 rings (SSSR count). The maximum atomic E-state index is 12.5. The largest absolute Gasteiger partial charge is 0.353 e. The minimum Gasteiger partial charge on any atom is -0.353 e. The van der Waals surface area contributed by atoms with Gasteiger partial charge in [0.2, 0.25) is 5.91 Å². The van der Waals surface area contributed by atoms with Crippen LogP contribution in [0.25, 0.3) is 0 Å². The van der Waals surface area contributed by atoms with E-state index in [1.54, 1.807) is 6.07 Å². The van der Waals surface area contributed by atoms with Crippen molar-refractivity contribution in [1.82, 2.24) is 16.0 Å². The third kappa shape index (κ3) is 7.25. The minimum atomic E-state index is -0.594. The van der Waals surface area contributed by atoms with E-state index in [2.05, 4.69) is 16.0 Å². The number of nitrogens with one attached hydrogen (secondary N) is 3. The molecule has 25 heavy (non-hydrogen) atoms. The van der Waals surface area contributed by atoms with E-state index in [1.165, 1.54) is 11.3 Å². The van der Waals surface area contributed by atoms with E-state index in [0.717, 1.165) is 12.1 Å². The molecule has 0 spiro atoms. The first kappa shape index (κ1) is 21.2. The van der Waals surface area contributed by atoms with Crippen molar-refractivity contribution in [2.75, 3.05) is 19.6 Å². The van der Waals surface area contributed by atoms with Gasteiger partial charge < -0.3 is 16.0 Å². The molecule has 0 fully saturated rings. The summed E-state index contributed by atoms with van der Waals surface area (Å²) < 4.78 is 0. The third-order valence-electron chi connectivity index (χ3n) is 3.50. The first-order valence-corrected chi connectivity index (χ1v) is 8.95. The first-order valence-electron chi connectivity index (χ1n) is 8.07. The number of halogens is 1. The maximum absolute atomic E-state index is 12.5. The van der Waals surface area contributed by atoms with Crippen LogP contribution in [-0.2, 0) is 11.2 Å². The summed E-state index contributed by atoms with van der Waals surface area (Å²) in [6, 6.07) is 12.7. The summed E-state index contributed by atoms with van der Waals surface area (Å²) >= 11 is 1.36. The highest BCUT2D eigenvalue weighted by Gasteiger charge is 2.21. The van der Waals surface area contributed by atoms with Gasteiger partial charge in [-0.15, -0.1) is 23.7 Å². The SMILES string of the molecule is CCNCCNC(=O)C(Cc1ccccc1)NC(=O)c1cccs1.Cl. The molecule has 3 N–H and O–H groups in total. The van der Waals surface area contributed by atoms with Crippen molar-refractivity contribution in [2.45, 2.75) is 19.4 Å². The van der Waals surface area contributed by atoms with Crippen LogP contribution in [0.4, 0.5) is 0 Å². The van der Waals surface area contributed by atoms with Crippen LogP contribution >= 0.6 is 23.7 Å². The fourth-order valence-electron chi connectivity index (χ4n) is 2.27. The van der Waals surface area contributed by atoms with Gasteiger partial charge in [-0.1, -0.05) is 43.3 Å². The Morgan fingerprint density at radius 3 is 2.48 bits per heavy atom. The van der Waals surface area contributed by atoms with Crippen molar-refractivity contribution < 1.29 is 9.59 Å². The molecule has 2 amide bonds. The smallest absolute Gasteiger partial charge is 0.262 e. The lowest BCUT2D eigenvalue weighted by atomic mass is 10.1. The number of rotatable bonds is 9. The Kier molecular flexibility index (Phi) is 9.84. The predicted molar refractivity (Wildman–Crippen MR) is 105 cm³/mol.